The maximum Gasteiger partial charge on any atom is 0.0971 e. The van der Waals surface area contributed by atoms with E-state index in [1.807, 2.05) is 12.1 Å². The highest BCUT2D eigenvalue weighted by molar-refractivity contribution is 6.24. The van der Waals surface area contributed by atoms with Crippen molar-refractivity contribution in [1.29, 1.82) is 0 Å². The molecule has 0 bridgehead atoms. The molecule has 0 radical (unpaired) electrons. The van der Waals surface area contributed by atoms with Crippen LogP contribution in [0.3, 0.4) is 0 Å². The lowest BCUT2D eigenvalue weighted by molar-refractivity contribution is 1.31. The second kappa shape index (κ2) is 6.78. The molecule has 6 aromatic rings. The molecule has 0 atom stereocenters. The fraction of sp³-hybridized carbons (Fsp3) is 0. The Morgan fingerprint density at radius 1 is 0.367 bits per heavy atom. The van der Waals surface area contributed by atoms with Gasteiger partial charge in [-0.25, -0.2) is 0 Å². The maximum absolute atomic E-state index is 4.73. The van der Waals surface area contributed by atoms with Crippen LogP contribution < -0.4 is 0 Å². The second-order valence-electron chi connectivity index (χ2n) is 7.51. The number of aromatic nitrogens is 2. The van der Waals surface area contributed by atoms with Crippen molar-refractivity contribution in [3.05, 3.63) is 109 Å². The van der Waals surface area contributed by atoms with Gasteiger partial charge in [0.2, 0.25) is 0 Å². The van der Waals surface area contributed by atoms with Gasteiger partial charge in [-0.3, -0.25) is 9.97 Å². The summed E-state index contributed by atoms with van der Waals surface area (Å²) in [6.07, 6.45) is 3.56. The Labute approximate surface area is 174 Å². The lowest BCUT2D eigenvalue weighted by atomic mass is 9.93. The minimum atomic E-state index is 0.947. The molecular weight excluding hydrogens is 364 g/mol. The molecule has 2 nitrogen and oxygen atoms in total. The van der Waals surface area contributed by atoms with Crippen LogP contribution in [0.25, 0.3) is 54.8 Å². The largest absolute Gasteiger partial charge is 0.252 e. The lowest BCUT2D eigenvalue weighted by Gasteiger charge is -2.12. The van der Waals surface area contributed by atoms with Crippen molar-refractivity contribution in [2.24, 2.45) is 0 Å². The number of benzene rings is 5. The Bertz CT molecular complexity index is 1380. The van der Waals surface area contributed by atoms with Gasteiger partial charge in [0.25, 0.3) is 0 Å². The van der Waals surface area contributed by atoms with Gasteiger partial charge in [0.15, 0.2) is 0 Å². The Balaban J connectivity index is 1.69. The van der Waals surface area contributed by atoms with Crippen LogP contribution in [-0.2, 0) is 0 Å². The van der Waals surface area contributed by atoms with Crippen LogP contribution in [0.15, 0.2) is 109 Å². The minimum Gasteiger partial charge on any atom is -0.252 e. The molecule has 0 amide bonds. The van der Waals surface area contributed by atoms with E-state index in [-0.39, 0.29) is 0 Å². The van der Waals surface area contributed by atoms with E-state index in [9.17, 15) is 0 Å². The van der Waals surface area contributed by atoms with Gasteiger partial charge in [-0.15, -0.1) is 0 Å². The van der Waals surface area contributed by atoms with Crippen molar-refractivity contribution in [2.75, 3.05) is 0 Å². The summed E-state index contributed by atoms with van der Waals surface area (Å²) in [5.41, 5.74) is 6.68. The van der Waals surface area contributed by atoms with E-state index in [1.165, 1.54) is 33.0 Å². The van der Waals surface area contributed by atoms with E-state index >= 15 is 0 Å². The summed E-state index contributed by atoms with van der Waals surface area (Å²) >= 11 is 0. The summed E-state index contributed by atoms with van der Waals surface area (Å²) in [6.45, 7) is 0. The molecule has 0 saturated heterocycles. The fourth-order valence-corrected chi connectivity index (χ4v) is 4.30. The molecule has 0 fully saturated rings. The highest BCUT2D eigenvalue weighted by Crippen LogP contribution is 2.37. The molecule has 0 aliphatic rings. The van der Waals surface area contributed by atoms with Gasteiger partial charge in [-0.05, 0) is 45.2 Å². The molecule has 5 aromatic carbocycles. The number of nitrogens with zero attached hydrogens (tertiary/aromatic N) is 2. The Morgan fingerprint density at radius 2 is 0.800 bits per heavy atom. The molecule has 2 heteroatoms. The highest BCUT2D eigenvalue weighted by atomic mass is 14.8. The Hall–Kier alpha value is -4.04. The van der Waals surface area contributed by atoms with Crippen LogP contribution in [-0.4, -0.2) is 9.97 Å². The predicted molar refractivity (Wildman–Crippen MR) is 125 cm³/mol. The van der Waals surface area contributed by atoms with Crippen LogP contribution in [0.5, 0.6) is 0 Å². The van der Waals surface area contributed by atoms with Gasteiger partial charge in [-0.2, -0.15) is 0 Å². The zero-order valence-corrected chi connectivity index (χ0v) is 16.3. The van der Waals surface area contributed by atoms with Gasteiger partial charge in [0.05, 0.1) is 11.0 Å². The molecule has 0 aliphatic heterocycles. The topological polar surface area (TPSA) is 25.8 Å². The van der Waals surface area contributed by atoms with Crippen LogP contribution in [0, 0.1) is 0 Å². The fourth-order valence-electron chi connectivity index (χ4n) is 4.30. The van der Waals surface area contributed by atoms with Gasteiger partial charge < -0.3 is 0 Å². The number of rotatable bonds is 2. The molecule has 0 aliphatic carbocycles. The second-order valence-corrected chi connectivity index (χ2v) is 7.51. The molecule has 0 N–H and O–H groups in total. The quantitative estimate of drug-likeness (QED) is 0.294. The van der Waals surface area contributed by atoms with Gasteiger partial charge in [0.1, 0.15) is 0 Å². The first-order valence-electron chi connectivity index (χ1n) is 10.1. The summed E-state index contributed by atoms with van der Waals surface area (Å²) in [5.74, 6) is 0. The first kappa shape index (κ1) is 16.9. The predicted octanol–water partition coefficient (Wildman–Crippen LogP) is 7.27. The van der Waals surface area contributed by atoms with Gasteiger partial charge >= 0.3 is 0 Å². The van der Waals surface area contributed by atoms with Crippen molar-refractivity contribution < 1.29 is 0 Å². The third-order valence-corrected chi connectivity index (χ3v) is 5.75. The first-order chi connectivity index (χ1) is 14.9. The van der Waals surface area contributed by atoms with E-state index < -0.39 is 0 Å². The SMILES string of the molecule is c1ccc(-c2ccc3c4ccc(-c5ccccc5)cc4c4nccnc4c3c2)cc1. The van der Waals surface area contributed by atoms with E-state index in [4.69, 9.17) is 9.97 Å². The van der Waals surface area contributed by atoms with Crippen molar-refractivity contribution in [2.45, 2.75) is 0 Å². The molecule has 0 spiro atoms. The maximum atomic E-state index is 4.73. The standard InChI is InChI=1S/C28H18N2/c1-3-7-19(8-4-1)21-11-13-23-24-14-12-22(20-9-5-2-6-10-20)18-26(24)28-27(25(23)17-21)29-15-16-30-28/h1-18H. The van der Waals surface area contributed by atoms with Crippen molar-refractivity contribution in [3.8, 4) is 22.3 Å². The smallest absolute Gasteiger partial charge is 0.0971 e. The zero-order chi connectivity index (χ0) is 19.9. The summed E-state index contributed by atoms with van der Waals surface area (Å²) in [7, 11) is 0. The van der Waals surface area contributed by atoms with Crippen molar-refractivity contribution in [1.82, 2.24) is 9.97 Å². The number of hydrogen-bond acceptors (Lipinski definition) is 2. The Kier molecular flexibility index (Phi) is 3.82. The van der Waals surface area contributed by atoms with Gasteiger partial charge in [0, 0.05) is 23.2 Å². The molecule has 140 valence electrons. The van der Waals surface area contributed by atoms with E-state index in [0.29, 0.717) is 0 Å². The Morgan fingerprint density at radius 3 is 1.23 bits per heavy atom. The average molecular weight is 382 g/mol. The van der Waals surface area contributed by atoms with Crippen molar-refractivity contribution >= 4 is 32.6 Å². The normalized spacial score (nSPS) is 11.3. The van der Waals surface area contributed by atoms with Crippen LogP contribution in [0.4, 0.5) is 0 Å². The number of hydrogen-bond donors (Lipinski definition) is 0. The third kappa shape index (κ3) is 2.66. The summed E-state index contributed by atoms with van der Waals surface area (Å²) in [6, 6.07) is 34.3. The monoisotopic (exact) mass is 382 g/mol. The van der Waals surface area contributed by atoms with Gasteiger partial charge in [-0.1, -0.05) is 84.9 Å². The van der Waals surface area contributed by atoms with E-state index in [0.717, 1.165) is 21.8 Å². The molecule has 30 heavy (non-hydrogen) atoms. The molecule has 0 saturated carbocycles. The lowest BCUT2D eigenvalue weighted by Crippen LogP contribution is -1.90. The summed E-state index contributed by atoms with van der Waals surface area (Å²) in [5, 5.41) is 4.69. The molecule has 0 unspecified atom stereocenters. The number of fused-ring (bicyclic) bond motifs is 6. The first-order valence-corrected chi connectivity index (χ1v) is 10.1. The van der Waals surface area contributed by atoms with Crippen LogP contribution in [0.1, 0.15) is 0 Å². The summed E-state index contributed by atoms with van der Waals surface area (Å²) in [4.78, 5) is 9.47. The zero-order valence-electron chi connectivity index (χ0n) is 16.3. The molecular formula is C28H18N2. The summed E-state index contributed by atoms with van der Waals surface area (Å²) < 4.78 is 0. The average Bonchev–Trinajstić information content (AvgIpc) is 2.85. The molecule has 1 heterocycles. The molecule has 6 rings (SSSR count). The minimum absolute atomic E-state index is 0.947. The van der Waals surface area contributed by atoms with Crippen LogP contribution >= 0.6 is 0 Å². The highest BCUT2D eigenvalue weighted by Gasteiger charge is 2.12. The van der Waals surface area contributed by atoms with Crippen LogP contribution in [0.2, 0.25) is 0 Å². The van der Waals surface area contributed by atoms with Crippen molar-refractivity contribution in [3.63, 3.8) is 0 Å². The third-order valence-electron chi connectivity index (χ3n) is 5.75. The molecule has 1 aromatic heterocycles. The van der Waals surface area contributed by atoms with E-state index in [1.54, 1.807) is 12.4 Å². The van der Waals surface area contributed by atoms with E-state index in [2.05, 4.69) is 84.9 Å².